The summed E-state index contributed by atoms with van der Waals surface area (Å²) in [7, 11) is 4.80. The van der Waals surface area contributed by atoms with Gasteiger partial charge in [0.15, 0.2) is 6.10 Å². The van der Waals surface area contributed by atoms with E-state index in [0.29, 0.717) is 34.5 Å². The summed E-state index contributed by atoms with van der Waals surface area (Å²) in [6.07, 6.45) is -0.653. The molecule has 158 valence electrons. The van der Waals surface area contributed by atoms with Gasteiger partial charge in [-0.3, -0.25) is 4.79 Å². The van der Waals surface area contributed by atoms with Gasteiger partial charge in [-0.25, -0.2) is 0 Å². The van der Waals surface area contributed by atoms with E-state index in [1.165, 1.54) is 4.90 Å². The van der Waals surface area contributed by atoms with Gasteiger partial charge in [0.1, 0.15) is 17.2 Å². The fraction of sp³-hybridized carbons (Fsp3) is 0.318. The van der Waals surface area contributed by atoms with Gasteiger partial charge in [-0.15, -0.1) is 0 Å². The lowest BCUT2D eigenvalue weighted by Crippen LogP contribution is -2.37. The second-order valence-corrected chi connectivity index (χ2v) is 6.80. The van der Waals surface area contributed by atoms with Crippen molar-refractivity contribution in [3.05, 3.63) is 53.9 Å². The van der Waals surface area contributed by atoms with Gasteiger partial charge in [0.25, 0.3) is 5.91 Å². The van der Waals surface area contributed by atoms with Crippen LogP contribution in [0.3, 0.4) is 0 Å². The topological polar surface area (TPSA) is 86.9 Å². The van der Waals surface area contributed by atoms with Gasteiger partial charge in [-0.2, -0.15) is 4.98 Å². The van der Waals surface area contributed by atoms with Crippen molar-refractivity contribution in [1.29, 1.82) is 0 Å². The molecule has 8 heteroatoms. The summed E-state index contributed by atoms with van der Waals surface area (Å²) in [6.45, 7) is 3.81. The monoisotopic (exact) mass is 411 g/mol. The van der Waals surface area contributed by atoms with Crippen LogP contribution < -0.4 is 14.2 Å². The zero-order valence-corrected chi connectivity index (χ0v) is 17.7. The van der Waals surface area contributed by atoms with E-state index in [0.717, 1.165) is 5.56 Å². The number of amides is 1. The number of hydrogen-bond donors (Lipinski definition) is 0. The lowest BCUT2D eigenvalue weighted by atomic mass is 10.2. The minimum atomic E-state index is -0.653. The van der Waals surface area contributed by atoms with Crippen LogP contribution >= 0.6 is 0 Å². The van der Waals surface area contributed by atoms with Crippen LogP contribution in [0.25, 0.3) is 11.4 Å². The first-order chi connectivity index (χ1) is 14.4. The number of methoxy groups -OCH3 is 2. The SMILES string of the molecule is COc1ccc(-c2noc(CN(C)C(=O)[C@@H](C)Oc3ccccc3C)n2)c(OC)c1. The van der Waals surface area contributed by atoms with Crippen molar-refractivity contribution in [2.24, 2.45) is 0 Å². The molecule has 2 aromatic carbocycles. The summed E-state index contributed by atoms with van der Waals surface area (Å²) in [5.74, 6) is 2.38. The van der Waals surface area contributed by atoms with Gasteiger partial charge < -0.3 is 23.6 Å². The van der Waals surface area contributed by atoms with Crippen LogP contribution in [0.1, 0.15) is 18.4 Å². The molecule has 3 rings (SSSR count). The first-order valence-corrected chi connectivity index (χ1v) is 9.45. The number of rotatable bonds is 8. The Labute approximate surface area is 175 Å². The number of aromatic nitrogens is 2. The third kappa shape index (κ3) is 4.71. The number of nitrogens with zero attached hydrogens (tertiary/aromatic N) is 3. The molecule has 8 nitrogen and oxygen atoms in total. The first kappa shape index (κ1) is 21.2. The van der Waals surface area contributed by atoms with Crippen LogP contribution in [-0.4, -0.2) is 48.3 Å². The molecule has 0 fully saturated rings. The molecular weight excluding hydrogens is 386 g/mol. The van der Waals surface area contributed by atoms with Crippen LogP contribution in [-0.2, 0) is 11.3 Å². The van der Waals surface area contributed by atoms with Gasteiger partial charge in [0.05, 0.1) is 26.3 Å². The number of carbonyl (C=O) groups is 1. The molecule has 3 aromatic rings. The Morgan fingerprint density at radius 1 is 1.13 bits per heavy atom. The fourth-order valence-electron chi connectivity index (χ4n) is 2.93. The summed E-state index contributed by atoms with van der Waals surface area (Å²) in [5.41, 5.74) is 1.63. The Hall–Kier alpha value is -3.55. The summed E-state index contributed by atoms with van der Waals surface area (Å²) >= 11 is 0. The average molecular weight is 411 g/mol. The molecule has 0 unspecified atom stereocenters. The standard InChI is InChI=1S/C22H25N3O5/c1-14-8-6-7-9-18(14)29-15(2)22(26)25(3)13-20-23-21(24-30-20)17-11-10-16(27-4)12-19(17)28-5/h6-12,15H,13H2,1-5H3/t15-/m1/s1. The number of aryl methyl sites for hydroxylation is 1. The second-order valence-electron chi connectivity index (χ2n) is 6.80. The van der Waals surface area contributed by atoms with E-state index in [-0.39, 0.29) is 12.5 Å². The van der Waals surface area contributed by atoms with E-state index < -0.39 is 6.10 Å². The summed E-state index contributed by atoms with van der Waals surface area (Å²) in [5, 5.41) is 4.01. The molecule has 0 saturated carbocycles. The summed E-state index contributed by atoms with van der Waals surface area (Å²) < 4.78 is 21.7. The lowest BCUT2D eigenvalue weighted by molar-refractivity contribution is -0.137. The molecule has 0 aliphatic heterocycles. The molecule has 0 saturated heterocycles. The fourth-order valence-corrected chi connectivity index (χ4v) is 2.93. The van der Waals surface area contributed by atoms with Crippen molar-refractivity contribution in [1.82, 2.24) is 15.0 Å². The number of carbonyl (C=O) groups excluding carboxylic acids is 1. The first-order valence-electron chi connectivity index (χ1n) is 9.45. The number of hydrogen-bond acceptors (Lipinski definition) is 7. The minimum Gasteiger partial charge on any atom is -0.497 e. The molecule has 30 heavy (non-hydrogen) atoms. The van der Waals surface area contributed by atoms with Crippen LogP contribution in [0.5, 0.6) is 17.2 Å². The van der Waals surface area contributed by atoms with E-state index in [4.69, 9.17) is 18.7 Å². The lowest BCUT2D eigenvalue weighted by Gasteiger charge is -2.21. The van der Waals surface area contributed by atoms with E-state index in [2.05, 4.69) is 10.1 Å². The molecule has 0 N–H and O–H groups in total. The predicted molar refractivity (Wildman–Crippen MR) is 111 cm³/mol. The van der Waals surface area contributed by atoms with Crippen LogP contribution in [0.4, 0.5) is 0 Å². The van der Waals surface area contributed by atoms with Crippen LogP contribution in [0.15, 0.2) is 47.0 Å². The Bertz CT molecular complexity index is 1020. The summed E-state index contributed by atoms with van der Waals surface area (Å²) in [4.78, 5) is 18.6. The van der Waals surface area contributed by atoms with Gasteiger partial charge in [0, 0.05) is 13.1 Å². The number of likely N-dealkylation sites (N-methyl/N-ethyl adjacent to an activating group) is 1. The molecule has 0 radical (unpaired) electrons. The van der Waals surface area contributed by atoms with Crippen molar-refractivity contribution >= 4 is 5.91 Å². The molecule has 1 heterocycles. The maximum Gasteiger partial charge on any atom is 0.263 e. The Morgan fingerprint density at radius 3 is 2.60 bits per heavy atom. The molecule has 1 amide bonds. The average Bonchev–Trinajstić information content (AvgIpc) is 3.22. The van der Waals surface area contributed by atoms with E-state index in [1.54, 1.807) is 46.4 Å². The smallest absolute Gasteiger partial charge is 0.263 e. The van der Waals surface area contributed by atoms with Gasteiger partial charge in [0.2, 0.25) is 11.7 Å². The van der Waals surface area contributed by atoms with Crippen molar-refractivity contribution in [3.8, 4) is 28.6 Å². The summed E-state index contributed by atoms with van der Waals surface area (Å²) in [6, 6.07) is 12.9. The van der Waals surface area contributed by atoms with E-state index in [1.807, 2.05) is 31.2 Å². The number of ether oxygens (including phenoxy) is 3. The van der Waals surface area contributed by atoms with Crippen LogP contribution in [0, 0.1) is 6.92 Å². The van der Waals surface area contributed by atoms with E-state index in [9.17, 15) is 4.79 Å². The molecule has 0 aliphatic carbocycles. The molecule has 1 aromatic heterocycles. The highest BCUT2D eigenvalue weighted by Gasteiger charge is 2.22. The van der Waals surface area contributed by atoms with Crippen molar-refractivity contribution in [2.45, 2.75) is 26.5 Å². The number of para-hydroxylation sites is 1. The zero-order chi connectivity index (χ0) is 21.7. The molecule has 1 atom stereocenters. The van der Waals surface area contributed by atoms with Crippen molar-refractivity contribution in [3.63, 3.8) is 0 Å². The molecule has 0 spiro atoms. The minimum absolute atomic E-state index is 0.159. The van der Waals surface area contributed by atoms with Crippen molar-refractivity contribution in [2.75, 3.05) is 21.3 Å². The highest BCUT2D eigenvalue weighted by Crippen LogP contribution is 2.31. The maximum atomic E-state index is 12.7. The predicted octanol–water partition coefficient (Wildman–Crippen LogP) is 3.49. The van der Waals surface area contributed by atoms with Crippen LogP contribution in [0.2, 0.25) is 0 Å². The highest BCUT2D eigenvalue weighted by molar-refractivity contribution is 5.80. The third-order valence-electron chi connectivity index (χ3n) is 4.61. The largest absolute Gasteiger partial charge is 0.497 e. The Balaban J connectivity index is 1.68. The van der Waals surface area contributed by atoms with Gasteiger partial charge in [-0.05, 0) is 37.6 Å². The quantitative estimate of drug-likeness (QED) is 0.561. The third-order valence-corrected chi connectivity index (χ3v) is 4.61. The second kappa shape index (κ2) is 9.30. The van der Waals surface area contributed by atoms with Crippen molar-refractivity contribution < 1.29 is 23.5 Å². The maximum absolute atomic E-state index is 12.7. The van der Waals surface area contributed by atoms with Gasteiger partial charge in [-0.1, -0.05) is 23.4 Å². The normalized spacial score (nSPS) is 11.6. The molecule has 0 bridgehead atoms. The highest BCUT2D eigenvalue weighted by atomic mass is 16.5. The molecule has 0 aliphatic rings. The van der Waals surface area contributed by atoms with Gasteiger partial charge >= 0.3 is 0 Å². The van der Waals surface area contributed by atoms with E-state index >= 15 is 0 Å². The Kier molecular flexibility index (Phi) is 6.56. The zero-order valence-electron chi connectivity index (χ0n) is 17.7. The molecular formula is C22H25N3O5. The number of benzene rings is 2. The Morgan fingerprint density at radius 2 is 1.90 bits per heavy atom.